The van der Waals surface area contributed by atoms with Gasteiger partial charge in [-0.3, -0.25) is 14.4 Å². The van der Waals surface area contributed by atoms with Crippen LogP contribution in [-0.4, -0.2) is 60.0 Å². The summed E-state index contributed by atoms with van der Waals surface area (Å²) in [6.07, 6.45) is 14.4. The first-order valence-electron chi connectivity index (χ1n) is 18.4. The molecule has 9 nitrogen and oxygen atoms in total. The number of fused-ring (bicyclic) bond motifs is 5. The standard InChI is InChI=1S/C37H57NO8S2/c1-24(2)7-6-8-25(3)29-11-12-30-28-10-9-26-23-27(15-17-36(26,4)31(28)16-18-37(29,30)5)45-34(41)43-19-21-47-48-22-20-44-35(42)46-38-32(39)13-14-33(38)40/h9,24-25,27-31H,6-8,10-23H2,1-5H3/t25-,27+,28+,29-,30+,31+,36+,37-/m1/s1. The van der Waals surface area contributed by atoms with Crippen molar-refractivity contribution in [1.29, 1.82) is 0 Å². The zero-order valence-electron chi connectivity index (χ0n) is 29.7. The lowest BCUT2D eigenvalue weighted by atomic mass is 9.47. The Bertz CT molecular complexity index is 1190. The van der Waals surface area contributed by atoms with Crippen LogP contribution in [0.15, 0.2) is 11.6 Å². The molecule has 0 aromatic heterocycles. The maximum absolute atomic E-state index is 12.5. The number of allylic oxidation sites excluding steroid dienone is 1. The molecule has 1 aliphatic heterocycles. The summed E-state index contributed by atoms with van der Waals surface area (Å²) in [7, 11) is 2.94. The zero-order chi connectivity index (χ0) is 34.5. The third-order valence-corrected chi connectivity index (χ3v) is 14.9. The minimum atomic E-state index is -1.08. The number of ether oxygens (including phenoxy) is 3. The van der Waals surface area contributed by atoms with Gasteiger partial charge in [0.2, 0.25) is 0 Å². The van der Waals surface area contributed by atoms with Gasteiger partial charge in [-0.25, -0.2) is 9.59 Å². The Morgan fingerprint density at radius 1 is 0.896 bits per heavy atom. The number of amides is 2. The number of rotatable bonds is 14. The number of hydrogen-bond acceptors (Lipinski definition) is 10. The lowest BCUT2D eigenvalue weighted by Gasteiger charge is -2.58. The minimum Gasteiger partial charge on any atom is -0.433 e. The van der Waals surface area contributed by atoms with Crippen molar-refractivity contribution in [2.24, 2.45) is 46.3 Å². The second kappa shape index (κ2) is 16.4. The maximum Gasteiger partial charge on any atom is 0.533 e. The summed E-state index contributed by atoms with van der Waals surface area (Å²) in [6, 6.07) is 0. The summed E-state index contributed by atoms with van der Waals surface area (Å²) in [5.41, 5.74) is 2.21. The summed E-state index contributed by atoms with van der Waals surface area (Å²) in [4.78, 5) is 51.8. The minimum absolute atomic E-state index is 0.0338. The lowest BCUT2D eigenvalue weighted by molar-refractivity contribution is -0.176. The third-order valence-electron chi connectivity index (χ3n) is 12.6. The highest BCUT2D eigenvalue weighted by Gasteiger charge is 2.59. The van der Waals surface area contributed by atoms with Gasteiger partial charge in [-0.2, -0.15) is 0 Å². The first-order valence-corrected chi connectivity index (χ1v) is 20.9. The number of carbonyl (C=O) groups is 4. The topological polar surface area (TPSA) is 108 Å². The molecule has 0 radical (unpaired) electrons. The van der Waals surface area contributed by atoms with E-state index in [9.17, 15) is 19.2 Å². The van der Waals surface area contributed by atoms with E-state index in [1.807, 2.05) is 0 Å². The van der Waals surface area contributed by atoms with Crippen LogP contribution in [0, 0.1) is 46.3 Å². The van der Waals surface area contributed by atoms with E-state index < -0.39 is 24.1 Å². The molecule has 0 unspecified atom stereocenters. The Kier molecular flexibility index (Phi) is 12.8. The number of hydroxylamine groups is 2. The van der Waals surface area contributed by atoms with Gasteiger partial charge in [0.25, 0.3) is 11.8 Å². The van der Waals surface area contributed by atoms with Crippen LogP contribution in [-0.2, 0) is 28.6 Å². The van der Waals surface area contributed by atoms with Gasteiger partial charge >= 0.3 is 12.3 Å². The third kappa shape index (κ3) is 8.52. The van der Waals surface area contributed by atoms with Gasteiger partial charge in [0.05, 0.1) is 0 Å². The van der Waals surface area contributed by atoms with Crippen molar-refractivity contribution >= 4 is 45.7 Å². The normalized spacial score (nSPS) is 33.4. The van der Waals surface area contributed by atoms with Crippen LogP contribution < -0.4 is 0 Å². The number of carbonyl (C=O) groups excluding carboxylic acids is 4. The van der Waals surface area contributed by atoms with Gasteiger partial charge in [-0.15, -0.1) is 0 Å². The van der Waals surface area contributed by atoms with Crippen LogP contribution in [0.3, 0.4) is 0 Å². The van der Waals surface area contributed by atoms with Gasteiger partial charge in [0.1, 0.15) is 19.3 Å². The Labute approximate surface area is 295 Å². The molecule has 0 aromatic rings. The van der Waals surface area contributed by atoms with Crippen molar-refractivity contribution in [2.75, 3.05) is 24.7 Å². The SMILES string of the molecule is CC(C)CCC[C@@H](C)[C@H]1CC[C@H]2[C@@H]3CC=C4C[C@@H](OC(=O)OCCSSCCOC(=O)ON5C(=O)CCC5=O)CC[C@]4(C)[C@H]3CC[C@]12C. The molecule has 0 aromatic carbocycles. The number of imide groups is 1. The molecule has 0 N–H and O–H groups in total. The molecule has 1 saturated heterocycles. The smallest absolute Gasteiger partial charge is 0.433 e. The van der Waals surface area contributed by atoms with Crippen LogP contribution in [0.4, 0.5) is 9.59 Å². The van der Waals surface area contributed by atoms with E-state index in [1.54, 1.807) is 0 Å². The van der Waals surface area contributed by atoms with Crippen LogP contribution in [0.25, 0.3) is 0 Å². The summed E-state index contributed by atoms with van der Waals surface area (Å²) < 4.78 is 16.1. The first-order chi connectivity index (χ1) is 22.9. The molecule has 5 aliphatic rings. The molecular formula is C37H57NO8S2. The van der Waals surface area contributed by atoms with Crippen molar-refractivity contribution in [3.05, 3.63) is 11.6 Å². The molecule has 0 bridgehead atoms. The fraction of sp³-hybridized carbons (Fsp3) is 0.838. The van der Waals surface area contributed by atoms with Crippen LogP contribution in [0.5, 0.6) is 0 Å². The number of hydrogen-bond donors (Lipinski definition) is 0. The molecule has 0 spiro atoms. The van der Waals surface area contributed by atoms with Gasteiger partial charge in [-0.05, 0) is 91.3 Å². The Hall–Kier alpha value is -1.88. The highest BCUT2D eigenvalue weighted by Crippen LogP contribution is 2.67. The highest BCUT2D eigenvalue weighted by molar-refractivity contribution is 8.76. The van der Waals surface area contributed by atoms with Gasteiger partial charge < -0.3 is 14.2 Å². The van der Waals surface area contributed by atoms with Crippen molar-refractivity contribution in [2.45, 2.75) is 124 Å². The molecule has 1 heterocycles. The molecule has 5 rings (SSSR count). The largest absolute Gasteiger partial charge is 0.533 e. The average Bonchev–Trinajstić information content (AvgIpc) is 3.56. The summed E-state index contributed by atoms with van der Waals surface area (Å²) >= 11 is 0. The van der Waals surface area contributed by atoms with Crippen molar-refractivity contribution < 1.29 is 38.2 Å². The molecule has 11 heteroatoms. The average molecular weight is 708 g/mol. The Balaban J connectivity index is 0.989. The fourth-order valence-corrected chi connectivity index (χ4v) is 11.8. The van der Waals surface area contributed by atoms with Crippen molar-refractivity contribution in [3.63, 3.8) is 0 Å². The molecule has 48 heavy (non-hydrogen) atoms. The maximum atomic E-state index is 12.5. The predicted octanol–water partition coefficient (Wildman–Crippen LogP) is 9.15. The second-order valence-electron chi connectivity index (χ2n) is 15.8. The molecule has 270 valence electrons. The number of nitrogens with zero attached hydrogens (tertiary/aromatic N) is 1. The van der Waals surface area contributed by atoms with E-state index in [0.717, 1.165) is 54.8 Å². The molecule has 4 fully saturated rings. The highest BCUT2D eigenvalue weighted by atomic mass is 33.1. The van der Waals surface area contributed by atoms with Crippen molar-refractivity contribution in [1.82, 2.24) is 5.06 Å². The summed E-state index contributed by atoms with van der Waals surface area (Å²) in [6.45, 7) is 12.7. The van der Waals surface area contributed by atoms with Crippen LogP contribution in [0.2, 0.25) is 0 Å². The summed E-state index contributed by atoms with van der Waals surface area (Å²) in [5.74, 6) is 4.80. The first kappa shape index (κ1) is 37.4. The predicted molar refractivity (Wildman–Crippen MR) is 188 cm³/mol. The lowest BCUT2D eigenvalue weighted by Crippen LogP contribution is -2.51. The summed E-state index contributed by atoms with van der Waals surface area (Å²) in [5, 5.41) is 0.458. The molecule has 2 amide bonds. The van der Waals surface area contributed by atoms with Gasteiger partial charge in [-0.1, -0.05) is 92.2 Å². The van der Waals surface area contributed by atoms with E-state index in [-0.39, 0.29) is 37.6 Å². The van der Waals surface area contributed by atoms with E-state index in [2.05, 4.69) is 45.5 Å². The van der Waals surface area contributed by atoms with Crippen LogP contribution in [0.1, 0.15) is 118 Å². The van der Waals surface area contributed by atoms with Crippen LogP contribution >= 0.6 is 21.6 Å². The van der Waals surface area contributed by atoms with Crippen molar-refractivity contribution in [3.8, 4) is 0 Å². The van der Waals surface area contributed by atoms with Gasteiger partial charge in [0, 0.05) is 30.8 Å². The Morgan fingerprint density at radius 3 is 2.27 bits per heavy atom. The van der Waals surface area contributed by atoms with Gasteiger partial charge in [0.15, 0.2) is 0 Å². The molecule has 8 atom stereocenters. The molecule has 3 saturated carbocycles. The second-order valence-corrected chi connectivity index (χ2v) is 18.5. The van der Waals surface area contributed by atoms with E-state index in [1.165, 1.54) is 78.5 Å². The Morgan fingerprint density at radius 2 is 1.58 bits per heavy atom. The zero-order valence-corrected chi connectivity index (χ0v) is 31.3. The molecular weight excluding hydrogens is 651 g/mol. The monoisotopic (exact) mass is 707 g/mol. The van der Waals surface area contributed by atoms with E-state index in [4.69, 9.17) is 14.2 Å². The van der Waals surface area contributed by atoms with E-state index >= 15 is 0 Å². The van der Waals surface area contributed by atoms with E-state index in [0.29, 0.717) is 22.0 Å². The quantitative estimate of drug-likeness (QED) is 0.0570. The fourth-order valence-electron chi connectivity index (χ4n) is 10.1. The molecule has 4 aliphatic carbocycles.